The fraction of sp³-hybridized carbons (Fsp3) is 0.538. The minimum absolute atomic E-state index is 0.542. The van der Waals surface area contributed by atoms with Gasteiger partial charge < -0.3 is 15.2 Å². The predicted molar refractivity (Wildman–Crippen MR) is 66.7 cm³/mol. The quantitative estimate of drug-likeness (QED) is 0.595. The van der Waals surface area contributed by atoms with Gasteiger partial charge in [0.05, 0.1) is 12.3 Å². The van der Waals surface area contributed by atoms with Gasteiger partial charge in [0.15, 0.2) is 0 Å². The number of rotatable bonds is 6. The Bertz CT molecular complexity index is 324. The Morgan fingerprint density at radius 1 is 1.25 bits per heavy atom. The average molecular weight is 223 g/mol. The van der Waals surface area contributed by atoms with E-state index in [-0.39, 0.29) is 0 Å². The second kappa shape index (κ2) is 6.38. The summed E-state index contributed by atoms with van der Waals surface area (Å²) in [5.74, 6) is 1.29. The van der Waals surface area contributed by atoms with Crippen LogP contribution in [-0.2, 0) is 4.74 Å². The third-order valence-electron chi connectivity index (χ3n) is 2.10. The van der Waals surface area contributed by atoms with Crippen molar-refractivity contribution in [3.05, 3.63) is 23.8 Å². The summed E-state index contributed by atoms with van der Waals surface area (Å²) < 4.78 is 10.9. The highest BCUT2D eigenvalue weighted by Gasteiger charge is 2.00. The van der Waals surface area contributed by atoms with Crippen LogP contribution in [0.3, 0.4) is 0 Å². The number of hydrogen-bond acceptors (Lipinski definition) is 3. The minimum atomic E-state index is 0.542. The highest BCUT2D eigenvalue weighted by molar-refractivity contribution is 5.53. The zero-order chi connectivity index (χ0) is 12.0. The third-order valence-corrected chi connectivity index (χ3v) is 2.10. The maximum atomic E-state index is 5.82. The Labute approximate surface area is 97.6 Å². The number of anilines is 1. The fourth-order valence-corrected chi connectivity index (χ4v) is 1.33. The van der Waals surface area contributed by atoms with E-state index in [9.17, 15) is 0 Å². The highest BCUT2D eigenvalue weighted by Crippen LogP contribution is 2.21. The Hall–Kier alpha value is -1.22. The predicted octanol–water partition coefficient (Wildman–Crippen LogP) is 2.63. The molecular formula is C13H21NO2. The molecule has 0 amide bonds. The molecule has 0 aliphatic rings. The van der Waals surface area contributed by atoms with Gasteiger partial charge in [0.25, 0.3) is 0 Å². The van der Waals surface area contributed by atoms with Crippen molar-refractivity contribution < 1.29 is 9.47 Å². The van der Waals surface area contributed by atoms with Gasteiger partial charge in [-0.2, -0.15) is 0 Å². The van der Waals surface area contributed by atoms with E-state index in [1.54, 1.807) is 0 Å². The first kappa shape index (κ1) is 12.8. The molecule has 1 aromatic carbocycles. The van der Waals surface area contributed by atoms with E-state index in [2.05, 4.69) is 13.8 Å². The average Bonchev–Trinajstić information content (AvgIpc) is 2.20. The summed E-state index contributed by atoms with van der Waals surface area (Å²) in [6.07, 6.45) is 0. The van der Waals surface area contributed by atoms with Crippen LogP contribution in [-0.4, -0.2) is 19.8 Å². The van der Waals surface area contributed by atoms with Crippen molar-refractivity contribution in [1.82, 2.24) is 0 Å². The molecule has 90 valence electrons. The van der Waals surface area contributed by atoms with Crippen LogP contribution in [0.25, 0.3) is 0 Å². The zero-order valence-electron chi connectivity index (χ0n) is 10.3. The lowest BCUT2D eigenvalue weighted by atomic mass is 10.2. The van der Waals surface area contributed by atoms with E-state index in [1.165, 1.54) is 0 Å². The normalized spacial score (nSPS) is 10.8. The Morgan fingerprint density at radius 2 is 2.00 bits per heavy atom. The van der Waals surface area contributed by atoms with Crippen LogP contribution >= 0.6 is 0 Å². The van der Waals surface area contributed by atoms with Crippen LogP contribution in [0.2, 0.25) is 0 Å². The number of nitrogen functional groups attached to an aromatic ring is 1. The molecule has 0 aliphatic carbocycles. The number of benzene rings is 1. The molecule has 0 unspecified atom stereocenters. The first-order valence-electron chi connectivity index (χ1n) is 5.66. The van der Waals surface area contributed by atoms with Crippen LogP contribution < -0.4 is 10.5 Å². The van der Waals surface area contributed by atoms with E-state index >= 15 is 0 Å². The lowest BCUT2D eigenvalue weighted by Crippen LogP contribution is -2.10. The van der Waals surface area contributed by atoms with Crippen molar-refractivity contribution in [2.24, 2.45) is 5.92 Å². The summed E-state index contributed by atoms with van der Waals surface area (Å²) in [5, 5.41) is 0. The van der Waals surface area contributed by atoms with Crippen LogP contribution in [0.15, 0.2) is 18.2 Å². The van der Waals surface area contributed by atoms with Gasteiger partial charge in [-0.15, -0.1) is 0 Å². The molecule has 0 bridgehead atoms. The molecule has 0 aliphatic heterocycles. The minimum Gasteiger partial charge on any atom is -0.489 e. The molecule has 3 nitrogen and oxygen atoms in total. The van der Waals surface area contributed by atoms with Crippen molar-refractivity contribution >= 4 is 5.69 Å². The van der Waals surface area contributed by atoms with E-state index in [0.717, 1.165) is 17.9 Å². The molecule has 2 N–H and O–H groups in total. The Morgan fingerprint density at radius 3 is 2.62 bits per heavy atom. The van der Waals surface area contributed by atoms with Crippen molar-refractivity contribution in [2.75, 3.05) is 25.6 Å². The summed E-state index contributed by atoms with van der Waals surface area (Å²) in [6.45, 7) is 8.17. The molecule has 0 aromatic heterocycles. The Kier molecular flexibility index (Phi) is 5.12. The summed E-state index contributed by atoms with van der Waals surface area (Å²) in [6, 6.07) is 5.79. The van der Waals surface area contributed by atoms with Gasteiger partial charge in [0, 0.05) is 6.61 Å². The van der Waals surface area contributed by atoms with Crippen LogP contribution in [0.4, 0.5) is 5.69 Å². The molecule has 0 atom stereocenters. The molecule has 3 heteroatoms. The van der Waals surface area contributed by atoms with Crippen molar-refractivity contribution in [2.45, 2.75) is 20.8 Å². The van der Waals surface area contributed by atoms with Gasteiger partial charge in [-0.1, -0.05) is 19.9 Å². The zero-order valence-corrected chi connectivity index (χ0v) is 10.3. The number of ether oxygens (including phenoxy) is 2. The molecule has 0 radical (unpaired) electrons. The second-order valence-electron chi connectivity index (χ2n) is 4.36. The van der Waals surface area contributed by atoms with Crippen LogP contribution in [0, 0.1) is 12.8 Å². The molecular weight excluding hydrogens is 202 g/mol. The smallest absolute Gasteiger partial charge is 0.142 e. The molecule has 0 heterocycles. The van der Waals surface area contributed by atoms with E-state index in [0.29, 0.717) is 24.8 Å². The van der Waals surface area contributed by atoms with Crippen LogP contribution in [0.1, 0.15) is 19.4 Å². The maximum Gasteiger partial charge on any atom is 0.142 e. The first-order chi connectivity index (χ1) is 7.59. The molecule has 1 aromatic rings. The second-order valence-corrected chi connectivity index (χ2v) is 4.36. The van der Waals surface area contributed by atoms with E-state index in [1.807, 2.05) is 25.1 Å². The lowest BCUT2D eigenvalue weighted by molar-refractivity contribution is 0.0821. The molecule has 0 saturated carbocycles. The Balaban J connectivity index is 2.27. The van der Waals surface area contributed by atoms with Crippen molar-refractivity contribution in [1.29, 1.82) is 0 Å². The van der Waals surface area contributed by atoms with E-state index in [4.69, 9.17) is 15.2 Å². The van der Waals surface area contributed by atoms with Gasteiger partial charge in [-0.05, 0) is 30.5 Å². The summed E-state index contributed by atoms with van der Waals surface area (Å²) >= 11 is 0. The molecule has 0 fully saturated rings. The third kappa shape index (κ3) is 4.53. The van der Waals surface area contributed by atoms with Gasteiger partial charge in [0.2, 0.25) is 0 Å². The van der Waals surface area contributed by atoms with Gasteiger partial charge in [0.1, 0.15) is 12.4 Å². The van der Waals surface area contributed by atoms with Gasteiger partial charge in [-0.25, -0.2) is 0 Å². The monoisotopic (exact) mass is 223 g/mol. The first-order valence-corrected chi connectivity index (χ1v) is 5.66. The maximum absolute atomic E-state index is 5.82. The van der Waals surface area contributed by atoms with Crippen molar-refractivity contribution in [3.63, 3.8) is 0 Å². The SMILES string of the molecule is Cc1ccc(OCCOCC(C)C)c(N)c1. The number of nitrogens with two attached hydrogens (primary N) is 1. The molecule has 1 rings (SSSR count). The largest absolute Gasteiger partial charge is 0.489 e. The fourth-order valence-electron chi connectivity index (χ4n) is 1.33. The number of hydrogen-bond donors (Lipinski definition) is 1. The van der Waals surface area contributed by atoms with Gasteiger partial charge >= 0.3 is 0 Å². The summed E-state index contributed by atoms with van der Waals surface area (Å²) in [5.41, 5.74) is 7.64. The highest BCUT2D eigenvalue weighted by atomic mass is 16.5. The lowest BCUT2D eigenvalue weighted by Gasteiger charge is -2.10. The van der Waals surface area contributed by atoms with Gasteiger partial charge in [-0.3, -0.25) is 0 Å². The topological polar surface area (TPSA) is 44.5 Å². The number of aryl methyl sites for hydroxylation is 1. The van der Waals surface area contributed by atoms with E-state index < -0.39 is 0 Å². The molecule has 0 spiro atoms. The summed E-state index contributed by atoms with van der Waals surface area (Å²) in [4.78, 5) is 0. The summed E-state index contributed by atoms with van der Waals surface area (Å²) in [7, 11) is 0. The van der Waals surface area contributed by atoms with Crippen LogP contribution in [0.5, 0.6) is 5.75 Å². The molecule has 16 heavy (non-hydrogen) atoms. The van der Waals surface area contributed by atoms with Crippen molar-refractivity contribution in [3.8, 4) is 5.75 Å². The standard InChI is InChI=1S/C13H21NO2/c1-10(2)9-15-6-7-16-13-5-4-11(3)8-12(13)14/h4-5,8,10H,6-7,9,14H2,1-3H3. The molecule has 0 saturated heterocycles.